The molecule has 2 N–H and O–H groups in total. The van der Waals surface area contributed by atoms with Gasteiger partial charge < -0.3 is 20.3 Å². The number of anilines is 4. The molecule has 0 unspecified atom stereocenters. The van der Waals surface area contributed by atoms with Crippen LogP contribution in [0.5, 0.6) is 5.75 Å². The van der Waals surface area contributed by atoms with Gasteiger partial charge in [-0.1, -0.05) is 23.7 Å². The van der Waals surface area contributed by atoms with Crippen molar-refractivity contribution in [1.82, 2.24) is 19.2 Å². The third kappa shape index (κ3) is 7.25. The van der Waals surface area contributed by atoms with Gasteiger partial charge in [0.15, 0.2) is 5.82 Å². The largest absolute Gasteiger partial charge is 0.489 e. The lowest BCUT2D eigenvalue weighted by molar-refractivity contribution is 0.215. The Labute approximate surface area is 261 Å². The standard InChI is InChI=1S/C32H43ClN6O3S/c1-21(2)42-29-19-25(23-12-14-24(15-13-23)38(4)5)22(3)18-28(29)36-32-34-20-26(33)31(37-32)35-27-10-6-7-11-30(27)43(40,41)39-16-8-9-17-39/h6-7,10-11,18-21,23-24H,8-9,12-17H2,1-5H3,(H2,34,35,36,37)/t23-,24+. The quantitative estimate of drug-likeness (QED) is 0.246. The van der Waals surface area contributed by atoms with Crippen LogP contribution >= 0.6 is 11.6 Å². The molecule has 5 rings (SSSR count). The van der Waals surface area contributed by atoms with Crippen LogP contribution in [0.4, 0.5) is 23.1 Å². The minimum absolute atomic E-state index is 0.0157. The maximum absolute atomic E-state index is 13.4. The van der Waals surface area contributed by atoms with E-state index in [1.54, 1.807) is 24.3 Å². The van der Waals surface area contributed by atoms with Gasteiger partial charge in [-0.2, -0.15) is 9.29 Å². The molecule has 2 heterocycles. The molecule has 2 fully saturated rings. The maximum Gasteiger partial charge on any atom is 0.245 e. The zero-order valence-corrected chi connectivity index (χ0v) is 27.3. The zero-order chi connectivity index (χ0) is 30.7. The molecule has 1 saturated carbocycles. The van der Waals surface area contributed by atoms with Gasteiger partial charge in [0.25, 0.3) is 0 Å². The Morgan fingerprint density at radius 1 is 1.02 bits per heavy atom. The molecule has 1 aliphatic carbocycles. The molecule has 9 nitrogen and oxygen atoms in total. The van der Waals surface area contributed by atoms with Crippen molar-refractivity contribution in [3.63, 3.8) is 0 Å². The van der Waals surface area contributed by atoms with Crippen molar-refractivity contribution < 1.29 is 13.2 Å². The molecule has 1 aliphatic heterocycles. The number of rotatable bonds is 10. The first-order chi connectivity index (χ1) is 20.5. The number of aromatic nitrogens is 2. The van der Waals surface area contributed by atoms with Gasteiger partial charge in [0.05, 0.1) is 23.7 Å². The second-order valence-electron chi connectivity index (χ2n) is 12.1. The van der Waals surface area contributed by atoms with Crippen molar-refractivity contribution in [2.75, 3.05) is 37.8 Å². The number of para-hydroxylation sites is 1. The van der Waals surface area contributed by atoms with Crippen molar-refractivity contribution in [3.05, 3.63) is 58.7 Å². The lowest BCUT2D eigenvalue weighted by atomic mass is 9.80. The Morgan fingerprint density at radius 2 is 1.72 bits per heavy atom. The monoisotopic (exact) mass is 626 g/mol. The summed E-state index contributed by atoms with van der Waals surface area (Å²) in [6, 6.07) is 11.8. The predicted octanol–water partition coefficient (Wildman–Crippen LogP) is 7.09. The molecule has 43 heavy (non-hydrogen) atoms. The van der Waals surface area contributed by atoms with Gasteiger partial charge in [-0.25, -0.2) is 13.4 Å². The molecule has 11 heteroatoms. The first-order valence-corrected chi connectivity index (χ1v) is 17.0. The summed E-state index contributed by atoms with van der Waals surface area (Å²) in [7, 11) is 0.680. The highest BCUT2D eigenvalue weighted by Gasteiger charge is 2.30. The fourth-order valence-corrected chi connectivity index (χ4v) is 7.92. The number of benzene rings is 2. The van der Waals surface area contributed by atoms with Gasteiger partial charge in [0.1, 0.15) is 15.7 Å². The second kappa shape index (κ2) is 13.4. The Bertz CT molecular complexity index is 1530. The van der Waals surface area contributed by atoms with Gasteiger partial charge in [-0.3, -0.25) is 0 Å². The Kier molecular flexibility index (Phi) is 9.80. The summed E-state index contributed by atoms with van der Waals surface area (Å²) in [4.78, 5) is 11.6. The minimum atomic E-state index is -3.65. The van der Waals surface area contributed by atoms with Crippen LogP contribution in [-0.4, -0.2) is 66.9 Å². The van der Waals surface area contributed by atoms with Crippen LogP contribution in [0.2, 0.25) is 5.02 Å². The summed E-state index contributed by atoms with van der Waals surface area (Å²) in [6.07, 6.45) is 7.90. The lowest BCUT2D eigenvalue weighted by Crippen LogP contribution is -2.31. The van der Waals surface area contributed by atoms with Crippen molar-refractivity contribution in [2.45, 2.75) is 82.3 Å². The zero-order valence-electron chi connectivity index (χ0n) is 25.7. The van der Waals surface area contributed by atoms with Gasteiger partial charge in [0, 0.05) is 19.1 Å². The summed E-state index contributed by atoms with van der Waals surface area (Å²) in [5.74, 6) is 1.87. The highest BCUT2D eigenvalue weighted by Crippen LogP contribution is 2.41. The highest BCUT2D eigenvalue weighted by atomic mass is 35.5. The van der Waals surface area contributed by atoms with E-state index in [4.69, 9.17) is 16.3 Å². The van der Waals surface area contributed by atoms with Crippen LogP contribution in [0.1, 0.15) is 69.4 Å². The number of hydrogen-bond acceptors (Lipinski definition) is 8. The van der Waals surface area contributed by atoms with Crippen LogP contribution in [0, 0.1) is 6.92 Å². The van der Waals surface area contributed by atoms with E-state index in [1.807, 2.05) is 13.8 Å². The van der Waals surface area contributed by atoms with Crippen LogP contribution < -0.4 is 15.4 Å². The first kappa shape index (κ1) is 31.5. The average Bonchev–Trinajstić information content (AvgIpc) is 3.53. The summed E-state index contributed by atoms with van der Waals surface area (Å²) in [5, 5.41) is 6.76. The Hall–Kier alpha value is -2.92. The van der Waals surface area contributed by atoms with Crippen molar-refractivity contribution in [3.8, 4) is 5.75 Å². The first-order valence-electron chi connectivity index (χ1n) is 15.2. The van der Waals surface area contributed by atoms with Crippen molar-refractivity contribution in [1.29, 1.82) is 0 Å². The van der Waals surface area contributed by atoms with Gasteiger partial charge >= 0.3 is 0 Å². The number of hydrogen-bond donors (Lipinski definition) is 2. The van der Waals surface area contributed by atoms with Gasteiger partial charge in [0.2, 0.25) is 16.0 Å². The smallest absolute Gasteiger partial charge is 0.245 e. The summed E-state index contributed by atoms with van der Waals surface area (Å²) in [5.41, 5.74) is 3.70. The molecule has 0 radical (unpaired) electrons. The molecule has 0 spiro atoms. The van der Waals surface area contributed by atoms with Crippen LogP contribution in [-0.2, 0) is 10.0 Å². The topological polar surface area (TPSA) is 99.7 Å². The van der Waals surface area contributed by atoms with E-state index < -0.39 is 10.0 Å². The van der Waals surface area contributed by atoms with Crippen molar-refractivity contribution >= 4 is 44.8 Å². The van der Waals surface area contributed by atoms with Gasteiger partial charge in [-0.05, 0) is 115 Å². The van der Waals surface area contributed by atoms with E-state index in [0.29, 0.717) is 42.5 Å². The second-order valence-corrected chi connectivity index (χ2v) is 14.4. The van der Waals surface area contributed by atoms with E-state index in [9.17, 15) is 8.42 Å². The number of nitrogens with zero attached hydrogens (tertiary/aromatic N) is 4. The van der Waals surface area contributed by atoms with Crippen molar-refractivity contribution in [2.24, 2.45) is 0 Å². The molecule has 232 valence electrons. The van der Waals surface area contributed by atoms with Crippen LogP contribution in [0.3, 0.4) is 0 Å². The molecular weight excluding hydrogens is 584 g/mol. The molecule has 0 amide bonds. The number of nitrogens with one attached hydrogen (secondary N) is 2. The fourth-order valence-electron chi connectivity index (χ4n) is 6.12. The molecule has 1 aromatic heterocycles. The number of aryl methyl sites for hydroxylation is 1. The van der Waals surface area contributed by atoms with Crippen LogP contribution in [0.15, 0.2) is 47.5 Å². The van der Waals surface area contributed by atoms with Crippen LogP contribution in [0.25, 0.3) is 0 Å². The summed E-state index contributed by atoms with van der Waals surface area (Å²) in [6.45, 7) is 7.22. The number of halogens is 1. The number of sulfonamides is 1. The predicted molar refractivity (Wildman–Crippen MR) is 174 cm³/mol. The molecule has 0 atom stereocenters. The van der Waals surface area contributed by atoms with E-state index in [-0.39, 0.29) is 16.0 Å². The average molecular weight is 627 g/mol. The van der Waals surface area contributed by atoms with Gasteiger partial charge in [-0.15, -0.1) is 0 Å². The van der Waals surface area contributed by atoms with E-state index >= 15 is 0 Å². The highest BCUT2D eigenvalue weighted by molar-refractivity contribution is 7.89. The summed E-state index contributed by atoms with van der Waals surface area (Å²) < 4.78 is 34.6. The minimum Gasteiger partial charge on any atom is -0.489 e. The third-order valence-electron chi connectivity index (χ3n) is 8.41. The lowest BCUT2D eigenvalue weighted by Gasteiger charge is -2.33. The molecule has 1 saturated heterocycles. The molecule has 2 aliphatic rings. The maximum atomic E-state index is 13.4. The molecular formula is C32H43ClN6O3S. The van der Waals surface area contributed by atoms with E-state index in [2.05, 4.69) is 58.7 Å². The van der Waals surface area contributed by atoms with E-state index in [0.717, 1.165) is 37.1 Å². The number of ether oxygens (including phenoxy) is 1. The normalized spacial score (nSPS) is 19.6. The Balaban J connectivity index is 1.41. The SMILES string of the molecule is Cc1cc(Nc2ncc(Cl)c(Nc3ccccc3S(=O)(=O)N3CCCC3)n2)c(OC(C)C)cc1[C@H]1CC[C@@H](N(C)C)CC1. The Morgan fingerprint density at radius 3 is 2.40 bits per heavy atom. The van der Waals surface area contributed by atoms with E-state index in [1.165, 1.54) is 34.5 Å². The fraction of sp³-hybridized carbons (Fsp3) is 0.500. The molecule has 3 aromatic rings. The molecule has 2 aromatic carbocycles. The molecule has 0 bridgehead atoms. The third-order valence-corrected chi connectivity index (χ3v) is 10.6. The summed E-state index contributed by atoms with van der Waals surface area (Å²) >= 11 is 6.50.